The summed E-state index contributed by atoms with van der Waals surface area (Å²) in [4.78, 5) is 34.8. The topological polar surface area (TPSA) is 83.9 Å². The van der Waals surface area contributed by atoms with E-state index in [1.165, 1.54) is 13.0 Å². The highest BCUT2D eigenvalue weighted by Gasteiger charge is 2.32. The predicted octanol–water partition coefficient (Wildman–Crippen LogP) is 1.74. The summed E-state index contributed by atoms with van der Waals surface area (Å²) in [5.41, 5.74) is 1.08. The molecule has 0 spiro atoms. The van der Waals surface area contributed by atoms with Crippen LogP contribution < -0.4 is 0 Å². The largest absolute Gasteiger partial charge is 0.453 e. The molecule has 0 aromatic heterocycles. The summed E-state index contributed by atoms with van der Waals surface area (Å²) < 4.78 is 4.74. The lowest BCUT2D eigenvalue weighted by molar-refractivity contribution is -0.139. The Kier molecular flexibility index (Phi) is 3.56. The van der Waals surface area contributed by atoms with Gasteiger partial charge in [-0.1, -0.05) is 24.0 Å². The molecule has 0 atom stereocenters. The molecule has 0 saturated heterocycles. The molecule has 23 heavy (non-hydrogen) atoms. The smallest absolute Gasteiger partial charge is 0.303 e. The molecule has 2 aromatic carbocycles. The summed E-state index contributed by atoms with van der Waals surface area (Å²) in [6.07, 6.45) is 0. The number of hydrogen-bond acceptors (Lipinski definition) is 5. The number of carbonyl (C=O) groups is 3. The molecule has 0 unspecified atom stereocenters. The fourth-order valence-corrected chi connectivity index (χ4v) is 2.46. The number of esters is 1. The third-order valence-electron chi connectivity index (χ3n) is 3.46. The van der Waals surface area contributed by atoms with E-state index >= 15 is 0 Å². The van der Waals surface area contributed by atoms with Crippen molar-refractivity contribution >= 4 is 28.6 Å². The van der Waals surface area contributed by atoms with Gasteiger partial charge in [-0.05, 0) is 23.6 Å². The van der Waals surface area contributed by atoms with Crippen LogP contribution in [0.2, 0.25) is 0 Å². The Balaban J connectivity index is 2.14. The number of rotatable bonds is 1. The predicted molar refractivity (Wildman–Crippen MR) is 79.7 cm³/mol. The summed E-state index contributed by atoms with van der Waals surface area (Å²) in [6, 6.07) is 8.08. The van der Waals surface area contributed by atoms with E-state index in [4.69, 9.17) is 4.74 Å². The highest BCUT2D eigenvalue weighted by molar-refractivity contribution is 6.25. The normalized spacial score (nSPS) is 12.9. The second-order valence-electron chi connectivity index (χ2n) is 4.89. The Morgan fingerprint density at radius 3 is 2.57 bits per heavy atom. The monoisotopic (exact) mass is 309 g/mol. The Morgan fingerprint density at radius 2 is 1.87 bits per heavy atom. The van der Waals surface area contributed by atoms with Crippen LogP contribution in [-0.4, -0.2) is 34.7 Å². The van der Waals surface area contributed by atoms with Gasteiger partial charge in [-0.25, -0.2) is 0 Å². The Bertz CT molecular complexity index is 897. The summed E-state index contributed by atoms with van der Waals surface area (Å²) in [5.74, 6) is 3.62. The molecule has 0 aliphatic carbocycles. The first-order valence-electron chi connectivity index (χ1n) is 6.76. The van der Waals surface area contributed by atoms with Crippen molar-refractivity contribution in [2.24, 2.45) is 0 Å². The molecule has 1 heterocycles. The molecule has 1 aliphatic heterocycles. The van der Waals surface area contributed by atoms with E-state index in [0.29, 0.717) is 16.3 Å². The van der Waals surface area contributed by atoms with E-state index in [1.54, 1.807) is 24.3 Å². The molecular weight excluding hydrogens is 298 g/mol. The van der Waals surface area contributed by atoms with Crippen LogP contribution in [0.4, 0.5) is 0 Å². The number of ether oxygens (including phenoxy) is 1. The molecular formula is C17H11NO5. The van der Waals surface area contributed by atoms with Crippen molar-refractivity contribution in [1.29, 1.82) is 0 Å². The Hall–Kier alpha value is -3.17. The zero-order chi connectivity index (χ0) is 16.6. The fraction of sp³-hybridized carbons (Fsp3) is 0.118. The van der Waals surface area contributed by atoms with Crippen LogP contribution in [0.1, 0.15) is 33.2 Å². The van der Waals surface area contributed by atoms with Gasteiger partial charge in [0, 0.05) is 17.9 Å². The third-order valence-corrected chi connectivity index (χ3v) is 3.46. The number of hydroxylamine groups is 2. The molecule has 6 heteroatoms. The van der Waals surface area contributed by atoms with Crippen LogP contribution in [0.15, 0.2) is 30.3 Å². The summed E-state index contributed by atoms with van der Waals surface area (Å²) in [6.45, 7) is 1.25. The fourth-order valence-electron chi connectivity index (χ4n) is 2.46. The minimum Gasteiger partial charge on any atom is -0.453 e. The van der Waals surface area contributed by atoms with Crippen LogP contribution in [0.5, 0.6) is 0 Å². The summed E-state index contributed by atoms with van der Waals surface area (Å²) in [5, 5.41) is 10.8. The highest BCUT2D eigenvalue weighted by Crippen LogP contribution is 2.31. The van der Waals surface area contributed by atoms with Gasteiger partial charge in [0.05, 0.1) is 11.1 Å². The average molecular weight is 309 g/mol. The van der Waals surface area contributed by atoms with Gasteiger partial charge in [-0.15, -0.1) is 5.06 Å². The summed E-state index contributed by atoms with van der Waals surface area (Å²) >= 11 is 0. The van der Waals surface area contributed by atoms with Crippen molar-refractivity contribution in [2.75, 3.05) is 6.61 Å². The second kappa shape index (κ2) is 5.55. The molecule has 0 radical (unpaired) electrons. The maximum atomic E-state index is 12.0. The van der Waals surface area contributed by atoms with Crippen molar-refractivity contribution in [3.8, 4) is 11.8 Å². The minimum absolute atomic E-state index is 0.0411. The first kappa shape index (κ1) is 14.8. The van der Waals surface area contributed by atoms with Crippen molar-refractivity contribution in [1.82, 2.24) is 5.06 Å². The van der Waals surface area contributed by atoms with Gasteiger partial charge in [-0.2, -0.15) is 0 Å². The SMILES string of the molecule is CC(=O)OCC#Cc1ccc2c3c(cccc13)C(=O)N(O)C2=O. The molecule has 114 valence electrons. The molecule has 6 nitrogen and oxygen atoms in total. The molecule has 1 aliphatic rings. The van der Waals surface area contributed by atoms with Crippen LogP contribution in [-0.2, 0) is 9.53 Å². The Labute approximate surface area is 131 Å². The highest BCUT2D eigenvalue weighted by atomic mass is 16.5. The first-order chi connectivity index (χ1) is 11.0. The zero-order valence-electron chi connectivity index (χ0n) is 12.1. The lowest BCUT2D eigenvalue weighted by Gasteiger charge is -2.22. The van der Waals surface area contributed by atoms with Crippen molar-refractivity contribution in [2.45, 2.75) is 6.92 Å². The quantitative estimate of drug-likeness (QED) is 0.375. The van der Waals surface area contributed by atoms with E-state index in [0.717, 1.165) is 0 Å². The molecule has 0 fully saturated rings. The van der Waals surface area contributed by atoms with Gasteiger partial charge in [0.25, 0.3) is 11.8 Å². The number of carbonyl (C=O) groups excluding carboxylic acids is 3. The van der Waals surface area contributed by atoms with Gasteiger partial charge in [-0.3, -0.25) is 19.6 Å². The van der Waals surface area contributed by atoms with E-state index in [-0.39, 0.29) is 22.8 Å². The van der Waals surface area contributed by atoms with Gasteiger partial charge < -0.3 is 4.74 Å². The van der Waals surface area contributed by atoms with Crippen LogP contribution in [0, 0.1) is 11.8 Å². The van der Waals surface area contributed by atoms with E-state index < -0.39 is 17.8 Å². The first-order valence-corrected chi connectivity index (χ1v) is 6.76. The van der Waals surface area contributed by atoms with E-state index in [9.17, 15) is 19.6 Å². The number of nitrogens with zero attached hydrogens (tertiary/aromatic N) is 1. The molecule has 2 aromatic rings. The van der Waals surface area contributed by atoms with Crippen LogP contribution in [0.25, 0.3) is 10.8 Å². The number of imide groups is 1. The zero-order valence-corrected chi connectivity index (χ0v) is 12.1. The third kappa shape index (κ3) is 2.43. The average Bonchev–Trinajstić information content (AvgIpc) is 2.54. The molecule has 0 bridgehead atoms. The Morgan fingerprint density at radius 1 is 1.17 bits per heavy atom. The van der Waals surface area contributed by atoms with E-state index in [2.05, 4.69) is 11.8 Å². The van der Waals surface area contributed by atoms with Crippen molar-refractivity contribution in [3.05, 3.63) is 47.0 Å². The van der Waals surface area contributed by atoms with Gasteiger partial charge >= 0.3 is 5.97 Å². The lowest BCUT2D eigenvalue weighted by atomic mass is 9.92. The van der Waals surface area contributed by atoms with Gasteiger partial charge in [0.2, 0.25) is 0 Å². The van der Waals surface area contributed by atoms with Crippen LogP contribution >= 0.6 is 0 Å². The maximum Gasteiger partial charge on any atom is 0.303 e. The van der Waals surface area contributed by atoms with Gasteiger partial charge in [0.1, 0.15) is 0 Å². The number of amides is 2. The number of hydrogen-bond donors (Lipinski definition) is 1. The number of benzene rings is 2. The molecule has 2 amide bonds. The standard InChI is InChI=1S/C17H11NO5/c1-10(19)23-9-3-4-11-7-8-14-15-12(11)5-2-6-13(15)16(20)18(22)17(14)21/h2,5-8,22H,9H2,1H3. The second-order valence-corrected chi connectivity index (χ2v) is 4.89. The van der Waals surface area contributed by atoms with Crippen molar-refractivity contribution in [3.63, 3.8) is 0 Å². The van der Waals surface area contributed by atoms with Gasteiger partial charge in [0.15, 0.2) is 6.61 Å². The molecule has 0 saturated carbocycles. The minimum atomic E-state index is -0.766. The summed E-state index contributed by atoms with van der Waals surface area (Å²) in [7, 11) is 0. The lowest BCUT2D eigenvalue weighted by Crippen LogP contribution is -2.37. The molecule has 1 N–H and O–H groups in total. The maximum absolute atomic E-state index is 12.0. The molecule has 3 rings (SSSR count). The van der Waals surface area contributed by atoms with Crippen LogP contribution in [0.3, 0.4) is 0 Å². The van der Waals surface area contributed by atoms with Crippen molar-refractivity contribution < 1.29 is 24.3 Å². The van der Waals surface area contributed by atoms with E-state index in [1.807, 2.05) is 0 Å².